The Morgan fingerprint density at radius 2 is 2.25 bits per heavy atom. The molecule has 0 amide bonds. The van der Waals surface area contributed by atoms with E-state index in [1.807, 2.05) is 19.1 Å². The minimum atomic E-state index is 0.593. The Morgan fingerprint density at radius 1 is 1.50 bits per heavy atom. The second kappa shape index (κ2) is 2.61. The van der Waals surface area contributed by atoms with Crippen LogP contribution in [0.5, 0.6) is 0 Å². The molecule has 0 aliphatic heterocycles. The number of nitrogen functional groups attached to an aromatic ring is 1. The zero-order valence-corrected chi connectivity index (χ0v) is 8.04. The molecule has 0 aliphatic carbocycles. The third-order valence-electron chi connectivity index (χ3n) is 1.76. The number of aryl methyl sites for hydroxylation is 1. The zero-order chi connectivity index (χ0) is 8.72. The number of thiazole rings is 1. The van der Waals surface area contributed by atoms with Crippen LogP contribution in [0, 0.1) is 6.92 Å². The highest BCUT2D eigenvalue weighted by Gasteiger charge is 2.05. The first-order valence-electron chi connectivity index (χ1n) is 3.49. The minimum absolute atomic E-state index is 0.593. The van der Waals surface area contributed by atoms with Gasteiger partial charge in [-0.05, 0) is 24.6 Å². The first-order valence-corrected chi connectivity index (χ1v) is 4.69. The fraction of sp³-hybridized carbons (Fsp3) is 0.125. The van der Waals surface area contributed by atoms with E-state index in [-0.39, 0.29) is 0 Å². The molecule has 4 heteroatoms. The maximum atomic E-state index is 5.92. The van der Waals surface area contributed by atoms with Crippen molar-refractivity contribution in [2.24, 2.45) is 0 Å². The van der Waals surface area contributed by atoms with Crippen LogP contribution in [0.15, 0.2) is 12.1 Å². The number of hydrogen-bond donors (Lipinski definition) is 1. The molecule has 1 aromatic heterocycles. The van der Waals surface area contributed by atoms with Crippen molar-refractivity contribution in [3.63, 3.8) is 0 Å². The van der Waals surface area contributed by atoms with E-state index in [0.717, 1.165) is 20.8 Å². The molecule has 1 heterocycles. The first kappa shape index (κ1) is 7.83. The van der Waals surface area contributed by atoms with Gasteiger partial charge in [0.05, 0.1) is 10.2 Å². The summed E-state index contributed by atoms with van der Waals surface area (Å²) in [6.07, 6.45) is 0. The Hall–Kier alpha value is -0.800. The monoisotopic (exact) mass is 198 g/mol. The van der Waals surface area contributed by atoms with E-state index in [4.69, 9.17) is 17.3 Å². The van der Waals surface area contributed by atoms with E-state index in [9.17, 15) is 0 Å². The predicted molar refractivity (Wildman–Crippen MR) is 53.8 cm³/mol. The highest BCUT2D eigenvalue weighted by atomic mass is 35.5. The quantitative estimate of drug-likeness (QED) is 0.707. The van der Waals surface area contributed by atoms with Crippen molar-refractivity contribution in [3.8, 4) is 0 Å². The maximum Gasteiger partial charge on any atom is 0.181 e. The smallest absolute Gasteiger partial charge is 0.181 e. The van der Waals surface area contributed by atoms with Gasteiger partial charge in [-0.3, -0.25) is 0 Å². The van der Waals surface area contributed by atoms with Crippen LogP contribution in [0.3, 0.4) is 0 Å². The molecule has 2 aromatic rings. The second-order valence-electron chi connectivity index (χ2n) is 2.57. The molecule has 0 bridgehead atoms. The Labute approximate surface area is 79.0 Å². The van der Waals surface area contributed by atoms with Gasteiger partial charge in [-0.15, -0.1) is 0 Å². The number of fused-ring (bicyclic) bond motifs is 1. The maximum absolute atomic E-state index is 5.92. The Balaban J connectivity index is 2.89. The van der Waals surface area contributed by atoms with Crippen LogP contribution in [0.2, 0.25) is 5.02 Å². The summed E-state index contributed by atoms with van der Waals surface area (Å²) in [6, 6.07) is 3.82. The molecular weight excluding hydrogens is 192 g/mol. The van der Waals surface area contributed by atoms with E-state index >= 15 is 0 Å². The van der Waals surface area contributed by atoms with Crippen LogP contribution in [0.4, 0.5) is 5.13 Å². The molecule has 0 saturated heterocycles. The molecule has 1 aromatic carbocycles. The average Bonchev–Trinajstić information content (AvgIpc) is 2.39. The molecule has 2 rings (SSSR count). The summed E-state index contributed by atoms with van der Waals surface area (Å²) in [5.74, 6) is 0. The average molecular weight is 199 g/mol. The molecular formula is C8H7ClN2S. The lowest BCUT2D eigenvalue weighted by atomic mass is 10.2. The second-order valence-corrected chi connectivity index (χ2v) is 4.04. The molecule has 2 nitrogen and oxygen atoms in total. The van der Waals surface area contributed by atoms with Gasteiger partial charge in [0.25, 0.3) is 0 Å². The van der Waals surface area contributed by atoms with Crippen LogP contribution >= 0.6 is 22.9 Å². The molecule has 2 N–H and O–H groups in total. The molecule has 12 heavy (non-hydrogen) atoms. The number of nitrogens with two attached hydrogens (primary N) is 1. The van der Waals surface area contributed by atoms with Crippen LogP contribution in [0.25, 0.3) is 10.2 Å². The van der Waals surface area contributed by atoms with Gasteiger partial charge in [-0.25, -0.2) is 4.98 Å². The van der Waals surface area contributed by atoms with Gasteiger partial charge < -0.3 is 5.73 Å². The van der Waals surface area contributed by atoms with E-state index in [1.165, 1.54) is 11.3 Å². The minimum Gasteiger partial charge on any atom is -0.375 e. The van der Waals surface area contributed by atoms with Crippen molar-refractivity contribution in [1.82, 2.24) is 4.98 Å². The summed E-state index contributed by atoms with van der Waals surface area (Å²) in [5.41, 5.74) is 7.50. The summed E-state index contributed by atoms with van der Waals surface area (Å²) in [7, 11) is 0. The van der Waals surface area contributed by atoms with Crippen LogP contribution in [-0.4, -0.2) is 4.98 Å². The van der Waals surface area contributed by atoms with Crippen molar-refractivity contribution in [3.05, 3.63) is 22.7 Å². The molecule has 62 valence electrons. The van der Waals surface area contributed by atoms with Crippen molar-refractivity contribution >= 4 is 38.3 Å². The van der Waals surface area contributed by atoms with E-state index in [1.54, 1.807) is 0 Å². The first-order chi connectivity index (χ1) is 5.68. The highest BCUT2D eigenvalue weighted by molar-refractivity contribution is 7.22. The van der Waals surface area contributed by atoms with Crippen molar-refractivity contribution in [1.29, 1.82) is 0 Å². The highest BCUT2D eigenvalue weighted by Crippen LogP contribution is 2.29. The number of anilines is 1. The van der Waals surface area contributed by atoms with Crippen LogP contribution < -0.4 is 5.73 Å². The molecule has 0 aliphatic rings. The van der Waals surface area contributed by atoms with Gasteiger partial charge in [0, 0.05) is 5.02 Å². The van der Waals surface area contributed by atoms with Crippen molar-refractivity contribution < 1.29 is 0 Å². The molecule has 0 radical (unpaired) electrons. The predicted octanol–water partition coefficient (Wildman–Crippen LogP) is 2.84. The van der Waals surface area contributed by atoms with E-state index < -0.39 is 0 Å². The fourth-order valence-corrected chi connectivity index (χ4v) is 2.06. The third-order valence-corrected chi connectivity index (χ3v) is 3.02. The molecule has 0 saturated carbocycles. The van der Waals surface area contributed by atoms with E-state index in [2.05, 4.69) is 4.98 Å². The Morgan fingerprint density at radius 3 is 3.00 bits per heavy atom. The third kappa shape index (κ3) is 1.06. The Kier molecular flexibility index (Phi) is 1.70. The summed E-state index contributed by atoms with van der Waals surface area (Å²) in [4.78, 5) is 4.19. The normalized spacial score (nSPS) is 10.8. The zero-order valence-electron chi connectivity index (χ0n) is 6.47. The van der Waals surface area contributed by atoms with Gasteiger partial charge >= 0.3 is 0 Å². The van der Waals surface area contributed by atoms with Crippen molar-refractivity contribution in [2.75, 3.05) is 5.73 Å². The molecule has 0 unspecified atom stereocenters. The lowest BCUT2D eigenvalue weighted by Crippen LogP contribution is -1.81. The fourth-order valence-electron chi connectivity index (χ4n) is 1.12. The van der Waals surface area contributed by atoms with Crippen molar-refractivity contribution in [2.45, 2.75) is 6.92 Å². The molecule has 0 spiro atoms. The van der Waals surface area contributed by atoms with E-state index in [0.29, 0.717) is 5.13 Å². The van der Waals surface area contributed by atoms with Gasteiger partial charge in [0.15, 0.2) is 5.13 Å². The number of benzene rings is 1. The molecule has 0 atom stereocenters. The van der Waals surface area contributed by atoms with Crippen LogP contribution in [-0.2, 0) is 0 Å². The van der Waals surface area contributed by atoms with Gasteiger partial charge in [0.2, 0.25) is 0 Å². The number of rotatable bonds is 0. The standard InChI is InChI=1S/C8H7ClN2S/c1-4-5(9)2-3-6-7(4)11-8(10)12-6/h2-3H,1H3,(H2,10,11). The molecule has 0 fully saturated rings. The number of nitrogens with zero attached hydrogens (tertiary/aromatic N) is 1. The summed E-state index contributed by atoms with van der Waals surface area (Å²) in [5, 5.41) is 1.34. The number of aromatic nitrogens is 1. The number of halogens is 1. The van der Waals surface area contributed by atoms with Gasteiger partial charge in [0.1, 0.15) is 0 Å². The summed E-state index contributed by atoms with van der Waals surface area (Å²) < 4.78 is 1.09. The summed E-state index contributed by atoms with van der Waals surface area (Å²) >= 11 is 7.40. The number of hydrogen-bond acceptors (Lipinski definition) is 3. The lowest BCUT2D eigenvalue weighted by Gasteiger charge is -1.95. The lowest BCUT2D eigenvalue weighted by molar-refractivity contribution is 1.43. The SMILES string of the molecule is Cc1c(Cl)ccc2sc(N)nc12. The topological polar surface area (TPSA) is 38.9 Å². The van der Waals surface area contributed by atoms with Gasteiger partial charge in [-0.2, -0.15) is 0 Å². The summed E-state index contributed by atoms with van der Waals surface area (Å²) in [6.45, 7) is 1.95. The largest absolute Gasteiger partial charge is 0.375 e. The van der Waals surface area contributed by atoms with Crippen LogP contribution in [0.1, 0.15) is 5.56 Å². The van der Waals surface area contributed by atoms with Gasteiger partial charge in [-0.1, -0.05) is 22.9 Å². The Bertz CT molecular complexity index is 436.